The van der Waals surface area contributed by atoms with E-state index in [2.05, 4.69) is 0 Å². The first-order valence-corrected chi connectivity index (χ1v) is 6.29. The number of methoxy groups -OCH3 is 1. The summed E-state index contributed by atoms with van der Waals surface area (Å²) in [4.78, 5) is 11.8. The molecule has 98 valence electrons. The SMILES string of the molecule is COC1CCc2cc(OC(=O)C(C)(C)C)ccc21. The third kappa shape index (κ3) is 2.56. The molecule has 0 saturated carbocycles. The highest BCUT2D eigenvalue weighted by molar-refractivity contribution is 5.77. The third-order valence-corrected chi connectivity index (χ3v) is 3.24. The molecule has 3 nitrogen and oxygen atoms in total. The average molecular weight is 248 g/mol. The fourth-order valence-corrected chi connectivity index (χ4v) is 2.12. The van der Waals surface area contributed by atoms with Crippen LogP contribution in [0.2, 0.25) is 0 Å². The minimum atomic E-state index is -0.478. The number of carbonyl (C=O) groups is 1. The molecular formula is C15H20O3. The molecule has 0 bridgehead atoms. The summed E-state index contributed by atoms with van der Waals surface area (Å²) >= 11 is 0. The fourth-order valence-electron chi connectivity index (χ4n) is 2.12. The molecule has 2 rings (SSSR count). The zero-order chi connectivity index (χ0) is 13.3. The molecule has 0 heterocycles. The van der Waals surface area contributed by atoms with Gasteiger partial charge in [-0.3, -0.25) is 4.79 Å². The molecule has 1 aromatic carbocycles. The average Bonchev–Trinajstić information content (AvgIpc) is 2.69. The third-order valence-electron chi connectivity index (χ3n) is 3.24. The molecule has 1 aromatic rings. The zero-order valence-electron chi connectivity index (χ0n) is 11.4. The lowest BCUT2D eigenvalue weighted by Gasteiger charge is -2.17. The summed E-state index contributed by atoms with van der Waals surface area (Å²) in [5, 5.41) is 0. The van der Waals surface area contributed by atoms with Crippen LogP contribution in [0.4, 0.5) is 0 Å². The number of fused-ring (bicyclic) bond motifs is 1. The monoisotopic (exact) mass is 248 g/mol. The summed E-state index contributed by atoms with van der Waals surface area (Å²) < 4.78 is 10.8. The summed E-state index contributed by atoms with van der Waals surface area (Å²) in [7, 11) is 1.73. The Kier molecular flexibility index (Phi) is 3.44. The lowest BCUT2D eigenvalue weighted by Crippen LogP contribution is -2.25. The van der Waals surface area contributed by atoms with Gasteiger partial charge in [0.15, 0.2) is 0 Å². The number of ether oxygens (including phenoxy) is 2. The molecule has 0 aromatic heterocycles. The van der Waals surface area contributed by atoms with Crippen LogP contribution in [0.3, 0.4) is 0 Å². The second kappa shape index (κ2) is 4.73. The molecule has 1 aliphatic rings. The topological polar surface area (TPSA) is 35.5 Å². The first-order valence-electron chi connectivity index (χ1n) is 6.29. The molecule has 0 fully saturated rings. The Hall–Kier alpha value is -1.35. The predicted octanol–water partition coefficient (Wildman–Crippen LogP) is 3.27. The van der Waals surface area contributed by atoms with E-state index in [9.17, 15) is 4.79 Å². The lowest BCUT2D eigenvalue weighted by molar-refractivity contribution is -0.142. The van der Waals surface area contributed by atoms with Crippen LogP contribution in [0.25, 0.3) is 0 Å². The van der Waals surface area contributed by atoms with Crippen molar-refractivity contribution in [3.8, 4) is 5.75 Å². The highest BCUT2D eigenvalue weighted by Crippen LogP contribution is 2.35. The van der Waals surface area contributed by atoms with Gasteiger partial charge >= 0.3 is 5.97 Å². The normalized spacial score (nSPS) is 18.6. The molecular weight excluding hydrogens is 228 g/mol. The van der Waals surface area contributed by atoms with Gasteiger partial charge in [0.2, 0.25) is 0 Å². The molecule has 18 heavy (non-hydrogen) atoms. The Balaban J connectivity index is 2.16. The van der Waals surface area contributed by atoms with Gasteiger partial charge < -0.3 is 9.47 Å². The van der Waals surface area contributed by atoms with E-state index >= 15 is 0 Å². The smallest absolute Gasteiger partial charge is 0.316 e. The molecule has 1 unspecified atom stereocenters. The number of rotatable bonds is 2. The van der Waals surface area contributed by atoms with Gasteiger partial charge in [-0.25, -0.2) is 0 Å². The van der Waals surface area contributed by atoms with Gasteiger partial charge in [-0.05, 0) is 56.9 Å². The van der Waals surface area contributed by atoms with Gasteiger partial charge in [0, 0.05) is 7.11 Å². The predicted molar refractivity (Wildman–Crippen MR) is 69.6 cm³/mol. The highest BCUT2D eigenvalue weighted by Gasteiger charge is 2.26. The maximum Gasteiger partial charge on any atom is 0.316 e. The first kappa shape index (κ1) is 13.1. The van der Waals surface area contributed by atoms with Crippen LogP contribution in [0, 0.1) is 5.41 Å². The number of benzene rings is 1. The van der Waals surface area contributed by atoms with E-state index in [4.69, 9.17) is 9.47 Å². The van der Waals surface area contributed by atoms with Gasteiger partial charge in [0.05, 0.1) is 11.5 Å². The van der Waals surface area contributed by atoms with Gasteiger partial charge in [-0.2, -0.15) is 0 Å². The summed E-state index contributed by atoms with van der Waals surface area (Å²) in [6.45, 7) is 5.55. The van der Waals surface area contributed by atoms with E-state index in [-0.39, 0.29) is 12.1 Å². The molecule has 1 aliphatic carbocycles. The van der Waals surface area contributed by atoms with E-state index < -0.39 is 5.41 Å². The summed E-state index contributed by atoms with van der Waals surface area (Å²) in [6, 6.07) is 5.81. The second-order valence-electron chi connectivity index (χ2n) is 5.76. The van der Waals surface area contributed by atoms with E-state index in [0.717, 1.165) is 12.8 Å². The molecule has 0 radical (unpaired) electrons. The summed E-state index contributed by atoms with van der Waals surface area (Å²) in [6.07, 6.45) is 2.17. The molecule has 0 N–H and O–H groups in total. The van der Waals surface area contributed by atoms with Gasteiger partial charge in [-0.15, -0.1) is 0 Å². The maximum atomic E-state index is 11.8. The largest absolute Gasteiger partial charge is 0.426 e. The van der Waals surface area contributed by atoms with Crippen LogP contribution in [0.5, 0.6) is 5.75 Å². The molecule has 1 atom stereocenters. The van der Waals surface area contributed by atoms with Crippen LogP contribution < -0.4 is 4.74 Å². The summed E-state index contributed by atoms with van der Waals surface area (Å²) in [5.74, 6) is 0.425. The van der Waals surface area contributed by atoms with Crippen molar-refractivity contribution >= 4 is 5.97 Å². The van der Waals surface area contributed by atoms with Gasteiger partial charge in [0.1, 0.15) is 5.75 Å². The Labute approximate surface area is 108 Å². The Morgan fingerprint density at radius 2 is 2.06 bits per heavy atom. The minimum Gasteiger partial charge on any atom is -0.426 e. The Morgan fingerprint density at radius 1 is 1.33 bits per heavy atom. The minimum absolute atomic E-state index is 0.187. The van der Waals surface area contributed by atoms with Crippen LogP contribution in [-0.2, 0) is 16.0 Å². The van der Waals surface area contributed by atoms with Crippen LogP contribution in [0.15, 0.2) is 18.2 Å². The van der Waals surface area contributed by atoms with E-state index in [1.165, 1.54) is 11.1 Å². The van der Waals surface area contributed by atoms with Gasteiger partial charge in [0.25, 0.3) is 0 Å². The number of esters is 1. The number of hydrogen-bond acceptors (Lipinski definition) is 3. The highest BCUT2D eigenvalue weighted by atomic mass is 16.5. The van der Waals surface area contributed by atoms with Crippen molar-refractivity contribution in [3.05, 3.63) is 29.3 Å². The van der Waals surface area contributed by atoms with Crippen molar-refractivity contribution in [2.75, 3.05) is 7.11 Å². The molecule has 0 spiro atoms. The van der Waals surface area contributed by atoms with E-state index in [0.29, 0.717) is 5.75 Å². The van der Waals surface area contributed by atoms with Gasteiger partial charge in [-0.1, -0.05) is 6.07 Å². The van der Waals surface area contributed by atoms with Crippen molar-refractivity contribution in [1.29, 1.82) is 0 Å². The molecule has 0 aliphatic heterocycles. The molecule has 0 saturated heterocycles. The second-order valence-corrected chi connectivity index (χ2v) is 5.76. The van der Waals surface area contributed by atoms with Crippen molar-refractivity contribution < 1.29 is 14.3 Å². The Bertz CT molecular complexity index is 457. The first-order chi connectivity index (χ1) is 8.41. The van der Waals surface area contributed by atoms with Crippen molar-refractivity contribution in [1.82, 2.24) is 0 Å². The molecule has 0 amide bonds. The van der Waals surface area contributed by atoms with E-state index in [1.54, 1.807) is 7.11 Å². The van der Waals surface area contributed by atoms with Crippen LogP contribution in [0.1, 0.15) is 44.4 Å². The van der Waals surface area contributed by atoms with Crippen molar-refractivity contribution in [2.45, 2.75) is 39.7 Å². The van der Waals surface area contributed by atoms with Crippen LogP contribution >= 0.6 is 0 Å². The standard InChI is InChI=1S/C15H20O3/c1-15(2,3)14(16)18-11-6-7-12-10(9-11)5-8-13(12)17-4/h6-7,9,13H,5,8H2,1-4H3. The van der Waals surface area contributed by atoms with E-state index in [1.807, 2.05) is 39.0 Å². The fraction of sp³-hybridized carbons (Fsp3) is 0.533. The summed E-state index contributed by atoms with van der Waals surface area (Å²) in [5.41, 5.74) is 1.96. The number of aryl methyl sites for hydroxylation is 1. The van der Waals surface area contributed by atoms with Crippen molar-refractivity contribution in [2.24, 2.45) is 5.41 Å². The lowest BCUT2D eigenvalue weighted by atomic mass is 9.97. The quantitative estimate of drug-likeness (QED) is 0.595. The number of hydrogen-bond donors (Lipinski definition) is 0. The zero-order valence-corrected chi connectivity index (χ0v) is 11.4. The molecule has 3 heteroatoms. The maximum absolute atomic E-state index is 11.8. The van der Waals surface area contributed by atoms with Crippen LogP contribution in [-0.4, -0.2) is 13.1 Å². The number of carbonyl (C=O) groups excluding carboxylic acids is 1. The Morgan fingerprint density at radius 3 is 2.67 bits per heavy atom. The van der Waals surface area contributed by atoms with Crippen molar-refractivity contribution in [3.63, 3.8) is 0 Å².